The summed E-state index contributed by atoms with van der Waals surface area (Å²) in [5.41, 5.74) is 2.72. The molecule has 1 amide bonds. The number of nitrogens with zero attached hydrogens (tertiary/aromatic N) is 2. The number of fused-ring (bicyclic) bond motifs is 1. The molecule has 0 fully saturated rings. The number of hydrogen-bond donors (Lipinski definition) is 1. The molecular weight excluding hydrogens is 417 g/mol. The van der Waals surface area contributed by atoms with Crippen LogP contribution < -0.4 is 14.8 Å². The summed E-state index contributed by atoms with van der Waals surface area (Å²) < 4.78 is 25.8. The first-order chi connectivity index (χ1) is 15.1. The molecule has 0 bridgehead atoms. The average Bonchev–Trinajstić information content (AvgIpc) is 3.35. The molecule has 2 aromatic heterocycles. The number of ether oxygens (including phenoxy) is 2. The lowest BCUT2D eigenvalue weighted by molar-refractivity contribution is -0.120. The van der Waals surface area contributed by atoms with Gasteiger partial charge in [-0.05, 0) is 55.5 Å². The SMILES string of the molecule is CCOc1ccc(-c2cn3c(CC(=O)NCCOc4ccc(F)cc4)csc3n2)cc1. The third kappa shape index (κ3) is 5.21. The summed E-state index contributed by atoms with van der Waals surface area (Å²) in [6.45, 7) is 3.26. The van der Waals surface area contributed by atoms with Gasteiger partial charge in [-0.2, -0.15) is 0 Å². The zero-order chi connectivity index (χ0) is 21.6. The first-order valence-electron chi connectivity index (χ1n) is 9.96. The van der Waals surface area contributed by atoms with Crippen molar-refractivity contribution in [3.8, 4) is 22.8 Å². The molecule has 4 rings (SSSR count). The topological polar surface area (TPSA) is 64.9 Å². The predicted molar refractivity (Wildman–Crippen MR) is 118 cm³/mol. The lowest BCUT2D eigenvalue weighted by Crippen LogP contribution is -2.29. The van der Waals surface area contributed by atoms with Crippen LogP contribution in [-0.4, -0.2) is 35.1 Å². The zero-order valence-electron chi connectivity index (χ0n) is 17.0. The van der Waals surface area contributed by atoms with E-state index in [0.717, 1.165) is 27.7 Å². The molecule has 4 aromatic rings. The Morgan fingerprint density at radius 3 is 2.55 bits per heavy atom. The second kappa shape index (κ2) is 9.61. The molecule has 6 nitrogen and oxygen atoms in total. The molecule has 160 valence electrons. The number of carbonyl (C=O) groups is 1. The molecule has 0 saturated carbocycles. The summed E-state index contributed by atoms with van der Waals surface area (Å²) in [5.74, 6) is 0.982. The molecule has 0 spiro atoms. The van der Waals surface area contributed by atoms with Crippen LogP contribution in [0.4, 0.5) is 4.39 Å². The van der Waals surface area contributed by atoms with Gasteiger partial charge in [0.05, 0.1) is 25.3 Å². The summed E-state index contributed by atoms with van der Waals surface area (Å²) in [7, 11) is 0. The second-order valence-corrected chi connectivity index (χ2v) is 7.63. The number of halogens is 1. The minimum absolute atomic E-state index is 0.0984. The van der Waals surface area contributed by atoms with Gasteiger partial charge >= 0.3 is 0 Å². The number of hydrogen-bond acceptors (Lipinski definition) is 5. The van der Waals surface area contributed by atoms with Crippen molar-refractivity contribution in [3.63, 3.8) is 0 Å². The van der Waals surface area contributed by atoms with E-state index in [1.165, 1.54) is 23.5 Å². The van der Waals surface area contributed by atoms with Gasteiger partial charge in [0.25, 0.3) is 0 Å². The van der Waals surface area contributed by atoms with Crippen LogP contribution in [0.2, 0.25) is 0 Å². The number of aromatic nitrogens is 2. The molecule has 31 heavy (non-hydrogen) atoms. The summed E-state index contributed by atoms with van der Waals surface area (Å²) in [6.07, 6.45) is 2.19. The standard InChI is InChI=1S/C23H22FN3O3S/c1-2-29-19-7-3-16(4-8-19)21-14-27-18(15-31-23(27)26-21)13-22(28)25-11-12-30-20-9-5-17(24)6-10-20/h3-10,14-15H,2,11-13H2,1H3,(H,25,28). The molecule has 1 N–H and O–H groups in total. The van der Waals surface area contributed by atoms with Gasteiger partial charge < -0.3 is 14.8 Å². The smallest absolute Gasteiger partial charge is 0.226 e. The van der Waals surface area contributed by atoms with Gasteiger partial charge in [-0.3, -0.25) is 9.20 Å². The van der Waals surface area contributed by atoms with E-state index in [4.69, 9.17) is 9.47 Å². The molecule has 0 saturated heterocycles. The monoisotopic (exact) mass is 439 g/mol. The van der Waals surface area contributed by atoms with Gasteiger partial charge in [0, 0.05) is 22.8 Å². The molecule has 0 atom stereocenters. The summed E-state index contributed by atoms with van der Waals surface area (Å²) in [6, 6.07) is 13.6. The number of amides is 1. The van der Waals surface area contributed by atoms with E-state index < -0.39 is 0 Å². The quantitative estimate of drug-likeness (QED) is 0.394. The molecule has 0 unspecified atom stereocenters. The number of imidazole rings is 1. The largest absolute Gasteiger partial charge is 0.494 e. The van der Waals surface area contributed by atoms with Gasteiger partial charge in [-0.1, -0.05) is 0 Å². The number of rotatable bonds is 9. The zero-order valence-corrected chi connectivity index (χ0v) is 17.8. The minimum atomic E-state index is -0.312. The Labute approximate surface area is 183 Å². The lowest BCUT2D eigenvalue weighted by Gasteiger charge is -2.07. The molecule has 0 aliphatic rings. The number of nitrogens with one attached hydrogen (secondary N) is 1. The third-order valence-electron chi connectivity index (χ3n) is 4.59. The third-order valence-corrected chi connectivity index (χ3v) is 5.48. The Bertz CT molecular complexity index is 1150. The maximum absolute atomic E-state index is 12.9. The molecule has 0 aliphatic heterocycles. The Balaban J connectivity index is 1.33. The number of benzene rings is 2. The van der Waals surface area contributed by atoms with Crippen molar-refractivity contribution in [2.45, 2.75) is 13.3 Å². The van der Waals surface area contributed by atoms with Gasteiger partial charge in [0.15, 0.2) is 4.96 Å². The van der Waals surface area contributed by atoms with E-state index in [0.29, 0.717) is 25.5 Å². The number of thiazole rings is 1. The van der Waals surface area contributed by atoms with Crippen molar-refractivity contribution < 1.29 is 18.7 Å². The van der Waals surface area contributed by atoms with Crippen LogP contribution in [0.1, 0.15) is 12.6 Å². The van der Waals surface area contributed by atoms with Gasteiger partial charge in [0.2, 0.25) is 5.91 Å². The molecule has 0 radical (unpaired) electrons. The fourth-order valence-electron chi connectivity index (χ4n) is 3.10. The van der Waals surface area contributed by atoms with Crippen molar-refractivity contribution in [2.75, 3.05) is 19.8 Å². The molecule has 2 aromatic carbocycles. The fourth-order valence-corrected chi connectivity index (χ4v) is 3.97. The lowest BCUT2D eigenvalue weighted by atomic mass is 10.1. The maximum Gasteiger partial charge on any atom is 0.226 e. The van der Waals surface area contributed by atoms with Crippen LogP contribution >= 0.6 is 11.3 Å². The second-order valence-electron chi connectivity index (χ2n) is 6.79. The van der Waals surface area contributed by atoms with Crippen molar-refractivity contribution in [1.29, 1.82) is 0 Å². The Kier molecular flexibility index (Phi) is 6.47. The highest BCUT2D eigenvalue weighted by Gasteiger charge is 2.12. The number of carbonyl (C=O) groups excluding carboxylic acids is 1. The van der Waals surface area contributed by atoms with Crippen LogP contribution in [0.25, 0.3) is 16.2 Å². The first kappa shape index (κ1) is 20.9. The van der Waals surface area contributed by atoms with Crippen molar-refractivity contribution in [3.05, 3.63) is 71.6 Å². The molecule has 8 heteroatoms. The highest BCUT2D eigenvalue weighted by molar-refractivity contribution is 7.15. The maximum atomic E-state index is 12.9. The van der Waals surface area contributed by atoms with Crippen LogP contribution in [0, 0.1) is 5.82 Å². The Morgan fingerprint density at radius 1 is 1.10 bits per heavy atom. The van der Waals surface area contributed by atoms with Crippen LogP contribution in [0.5, 0.6) is 11.5 Å². The van der Waals surface area contributed by atoms with Crippen LogP contribution in [0.3, 0.4) is 0 Å². The van der Waals surface area contributed by atoms with E-state index in [9.17, 15) is 9.18 Å². The van der Waals surface area contributed by atoms with Crippen LogP contribution in [0.15, 0.2) is 60.1 Å². The van der Waals surface area contributed by atoms with E-state index in [2.05, 4.69) is 10.3 Å². The predicted octanol–water partition coefficient (Wildman–Crippen LogP) is 4.34. The summed E-state index contributed by atoms with van der Waals surface area (Å²) in [4.78, 5) is 17.8. The highest BCUT2D eigenvalue weighted by Crippen LogP contribution is 2.25. The van der Waals surface area contributed by atoms with Crippen molar-refractivity contribution in [1.82, 2.24) is 14.7 Å². The van der Waals surface area contributed by atoms with Crippen molar-refractivity contribution >= 4 is 22.2 Å². The van der Waals surface area contributed by atoms with Crippen LogP contribution in [-0.2, 0) is 11.2 Å². The van der Waals surface area contributed by atoms with E-state index in [1.54, 1.807) is 12.1 Å². The average molecular weight is 440 g/mol. The van der Waals surface area contributed by atoms with Gasteiger partial charge in [-0.25, -0.2) is 9.37 Å². The summed E-state index contributed by atoms with van der Waals surface area (Å²) >= 11 is 1.50. The Morgan fingerprint density at radius 2 is 1.81 bits per heavy atom. The van der Waals surface area contributed by atoms with Crippen molar-refractivity contribution in [2.24, 2.45) is 0 Å². The Hall–Kier alpha value is -3.39. The molecule has 2 heterocycles. The highest BCUT2D eigenvalue weighted by atomic mass is 32.1. The minimum Gasteiger partial charge on any atom is -0.494 e. The van der Waals surface area contributed by atoms with Gasteiger partial charge in [-0.15, -0.1) is 11.3 Å². The fraction of sp³-hybridized carbons (Fsp3) is 0.217. The van der Waals surface area contributed by atoms with E-state index in [-0.39, 0.29) is 18.1 Å². The van der Waals surface area contributed by atoms with Gasteiger partial charge in [0.1, 0.15) is 23.9 Å². The van der Waals surface area contributed by atoms with E-state index in [1.807, 2.05) is 47.2 Å². The normalized spacial score (nSPS) is 10.9. The first-order valence-corrected chi connectivity index (χ1v) is 10.8. The summed E-state index contributed by atoms with van der Waals surface area (Å²) in [5, 5.41) is 4.79. The van der Waals surface area contributed by atoms with E-state index >= 15 is 0 Å². The molecular formula is C23H22FN3O3S. The molecule has 0 aliphatic carbocycles.